The zero-order valence-electron chi connectivity index (χ0n) is 10.4. The largest absolute Gasteiger partial charge is 0.330 e. The van der Waals surface area contributed by atoms with Crippen LogP contribution < -0.4 is 5.73 Å². The van der Waals surface area contributed by atoms with Gasteiger partial charge >= 0.3 is 0 Å². The highest BCUT2D eigenvalue weighted by Gasteiger charge is 2.15. The second-order valence-corrected chi connectivity index (χ2v) is 6.79. The number of Topliss-reactive ketones (excluding diaryl/α,β-unsaturated/α-hetero) is 1. The molecule has 1 rings (SSSR count). The summed E-state index contributed by atoms with van der Waals surface area (Å²) in [6.45, 7) is 4.95. The molecule has 96 valence electrons. The monoisotopic (exact) mass is 317 g/mol. The summed E-state index contributed by atoms with van der Waals surface area (Å²) in [7, 11) is 0. The van der Waals surface area contributed by atoms with E-state index in [1.165, 1.54) is 0 Å². The number of carbonyl (C=O) groups excluding carboxylic acids is 1. The van der Waals surface area contributed by atoms with Crippen LogP contribution in [0.5, 0.6) is 0 Å². The average molecular weight is 318 g/mol. The van der Waals surface area contributed by atoms with Gasteiger partial charge in [-0.25, -0.2) is 0 Å². The van der Waals surface area contributed by atoms with Crippen molar-refractivity contribution in [3.8, 4) is 0 Å². The Balaban J connectivity index is 2.42. The van der Waals surface area contributed by atoms with E-state index in [2.05, 4.69) is 29.8 Å². The Morgan fingerprint density at radius 2 is 2.24 bits per heavy atom. The third kappa shape index (κ3) is 5.80. The van der Waals surface area contributed by atoms with Crippen molar-refractivity contribution in [3.05, 3.63) is 20.8 Å². The molecule has 1 aromatic rings. The summed E-state index contributed by atoms with van der Waals surface area (Å²) >= 11 is 5.03. The van der Waals surface area contributed by atoms with Gasteiger partial charge in [0.2, 0.25) is 0 Å². The van der Waals surface area contributed by atoms with Crippen LogP contribution in [0.3, 0.4) is 0 Å². The van der Waals surface area contributed by atoms with Crippen LogP contribution in [0, 0.1) is 11.8 Å². The van der Waals surface area contributed by atoms with Gasteiger partial charge in [-0.1, -0.05) is 13.8 Å². The lowest BCUT2D eigenvalue weighted by Gasteiger charge is -2.15. The molecule has 1 heterocycles. The van der Waals surface area contributed by atoms with Gasteiger partial charge in [0.05, 0.1) is 0 Å². The fourth-order valence-corrected chi connectivity index (χ4v) is 3.44. The van der Waals surface area contributed by atoms with Gasteiger partial charge in [-0.2, -0.15) is 0 Å². The lowest BCUT2D eigenvalue weighted by Crippen LogP contribution is -2.20. The quantitative estimate of drug-likeness (QED) is 0.834. The van der Waals surface area contributed by atoms with Crippen molar-refractivity contribution in [3.63, 3.8) is 0 Å². The molecule has 0 bridgehead atoms. The lowest BCUT2D eigenvalue weighted by molar-refractivity contribution is -0.119. The first-order valence-electron chi connectivity index (χ1n) is 5.96. The molecular formula is C13H20BrNOS. The lowest BCUT2D eigenvalue weighted by atomic mass is 9.92. The Bertz CT molecular complexity index is 362. The maximum Gasteiger partial charge on any atom is 0.138 e. The van der Waals surface area contributed by atoms with Gasteiger partial charge in [0.15, 0.2) is 0 Å². The van der Waals surface area contributed by atoms with Gasteiger partial charge in [0.1, 0.15) is 5.78 Å². The Kier molecular flexibility index (Phi) is 6.38. The molecule has 0 spiro atoms. The molecule has 0 saturated heterocycles. The molecule has 0 aliphatic heterocycles. The first kappa shape index (κ1) is 14.9. The summed E-state index contributed by atoms with van der Waals surface area (Å²) < 4.78 is 1.06. The number of carbonyl (C=O) groups is 1. The van der Waals surface area contributed by atoms with Crippen LogP contribution in [-0.2, 0) is 11.2 Å². The van der Waals surface area contributed by atoms with E-state index in [1.807, 2.05) is 11.4 Å². The minimum Gasteiger partial charge on any atom is -0.330 e. The molecule has 17 heavy (non-hydrogen) atoms. The molecule has 0 aromatic carbocycles. The third-order valence-electron chi connectivity index (χ3n) is 2.65. The van der Waals surface area contributed by atoms with Gasteiger partial charge in [0.25, 0.3) is 0 Å². The molecule has 0 saturated carbocycles. The predicted octanol–water partition coefficient (Wildman–Crippen LogP) is 3.63. The molecule has 2 N–H and O–H groups in total. The number of rotatable bonds is 7. The van der Waals surface area contributed by atoms with E-state index in [9.17, 15) is 4.79 Å². The Hall–Kier alpha value is -0.190. The van der Waals surface area contributed by atoms with E-state index >= 15 is 0 Å². The van der Waals surface area contributed by atoms with Gasteiger partial charge in [0, 0.05) is 27.6 Å². The zero-order valence-corrected chi connectivity index (χ0v) is 12.8. The molecule has 0 fully saturated rings. The standard InChI is InChI=1S/C13H20BrNOS/c1-9(2)3-10(7-15)4-12(16)6-13-5-11(14)8-17-13/h5,8-10H,3-4,6-7,15H2,1-2H3. The SMILES string of the molecule is CC(C)CC(CN)CC(=O)Cc1cc(Br)cs1. The van der Waals surface area contributed by atoms with Crippen molar-refractivity contribution in [2.24, 2.45) is 17.6 Å². The van der Waals surface area contributed by atoms with Crippen molar-refractivity contribution in [2.75, 3.05) is 6.54 Å². The molecular weight excluding hydrogens is 298 g/mol. The number of ketones is 1. The van der Waals surface area contributed by atoms with Crippen molar-refractivity contribution < 1.29 is 4.79 Å². The van der Waals surface area contributed by atoms with Crippen LogP contribution in [0.25, 0.3) is 0 Å². The normalized spacial score (nSPS) is 13.0. The van der Waals surface area contributed by atoms with Crippen LogP contribution in [0.15, 0.2) is 15.9 Å². The molecule has 0 aliphatic carbocycles. The molecule has 1 unspecified atom stereocenters. The molecule has 0 amide bonds. The van der Waals surface area contributed by atoms with Crippen LogP contribution in [0.2, 0.25) is 0 Å². The van der Waals surface area contributed by atoms with Gasteiger partial charge < -0.3 is 5.73 Å². The summed E-state index contributed by atoms with van der Waals surface area (Å²) in [5.74, 6) is 1.24. The van der Waals surface area contributed by atoms with E-state index in [-0.39, 0.29) is 0 Å². The highest BCUT2D eigenvalue weighted by Crippen LogP contribution is 2.22. The summed E-state index contributed by atoms with van der Waals surface area (Å²) in [5.41, 5.74) is 5.71. The number of halogens is 1. The maximum absolute atomic E-state index is 11.9. The Morgan fingerprint density at radius 3 is 2.71 bits per heavy atom. The van der Waals surface area contributed by atoms with Crippen LogP contribution in [0.4, 0.5) is 0 Å². The number of hydrogen-bond donors (Lipinski definition) is 1. The Morgan fingerprint density at radius 1 is 1.53 bits per heavy atom. The van der Waals surface area contributed by atoms with Gasteiger partial charge in [-0.3, -0.25) is 4.79 Å². The van der Waals surface area contributed by atoms with E-state index in [1.54, 1.807) is 11.3 Å². The van der Waals surface area contributed by atoms with Crippen LogP contribution >= 0.6 is 27.3 Å². The second-order valence-electron chi connectivity index (χ2n) is 4.88. The topological polar surface area (TPSA) is 43.1 Å². The molecule has 0 aliphatic rings. The minimum atomic E-state index is 0.301. The first-order chi connectivity index (χ1) is 8.01. The summed E-state index contributed by atoms with van der Waals surface area (Å²) in [4.78, 5) is 13.0. The molecule has 0 radical (unpaired) electrons. The molecule has 1 atom stereocenters. The second kappa shape index (κ2) is 7.29. The van der Waals surface area contributed by atoms with E-state index in [0.29, 0.717) is 37.0 Å². The van der Waals surface area contributed by atoms with E-state index < -0.39 is 0 Å². The van der Waals surface area contributed by atoms with Crippen molar-refractivity contribution in [1.82, 2.24) is 0 Å². The summed E-state index contributed by atoms with van der Waals surface area (Å²) in [5, 5.41) is 2.01. The van der Waals surface area contributed by atoms with E-state index in [4.69, 9.17) is 5.73 Å². The Labute approximate surface area is 116 Å². The maximum atomic E-state index is 11.9. The average Bonchev–Trinajstić information content (AvgIpc) is 2.62. The van der Waals surface area contributed by atoms with Gasteiger partial charge in [-0.15, -0.1) is 11.3 Å². The fourth-order valence-electron chi connectivity index (χ4n) is 1.96. The first-order valence-corrected chi connectivity index (χ1v) is 7.63. The third-order valence-corrected chi connectivity index (χ3v) is 4.35. The van der Waals surface area contributed by atoms with Crippen LogP contribution in [-0.4, -0.2) is 12.3 Å². The smallest absolute Gasteiger partial charge is 0.138 e. The molecule has 1 aromatic heterocycles. The fraction of sp³-hybridized carbons (Fsp3) is 0.615. The van der Waals surface area contributed by atoms with Crippen molar-refractivity contribution in [2.45, 2.75) is 33.1 Å². The highest BCUT2D eigenvalue weighted by molar-refractivity contribution is 9.10. The minimum absolute atomic E-state index is 0.301. The highest BCUT2D eigenvalue weighted by atomic mass is 79.9. The number of hydrogen-bond acceptors (Lipinski definition) is 3. The predicted molar refractivity (Wildman–Crippen MR) is 77.3 cm³/mol. The van der Waals surface area contributed by atoms with Gasteiger partial charge in [-0.05, 0) is 46.8 Å². The molecule has 2 nitrogen and oxygen atoms in total. The van der Waals surface area contributed by atoms with Crippen LogP contribution in [0.1, 0.15) is 31.6 Å². The zero-order chi connectivity index (χ0) is 12.8. The molecule has 4 heteroatoms. The van der Waals surface area contributed by atoms with Crippen molar-refractivity contribution in [1.29, 1.82) is 0 Å². The van der Waals surface area contributed by atoms with E-state index in [0.717, 1.165) is 15.8 Å². The number of nitrogens with two attached hydrogens (primary N) is 1. The summed E-state index contributed by atoms with van der Waals surface area (Å²) in [6.07, 6.45) is 2.20. The summed E-state index contributed by atoms with van der Waals surface area (Å²) in [6, 6.07) is 2.02. The van der Waals surface area contributed by atoms with Crippen molar-refractivity contribution >= 4 is 33.0 Å². The number of thiophene rings is 1.